The molecule has 1 fully saturated rings. The maximum absolute atomic E-state index is 11.8. The minimum atomic E-state index is -4.33. The predicted molar refractivity (Wildman–Crippen MR) is 55.5 cm³/mol. The summed E-state index contributed by atoms with van der Waals surface area (Å²) in [7, 11) is 0. The Kier molecular flexibility index (Phi) is 5.20. The molecule has 0 aliphatic carbocycles. The number of hydrogen-bond donors (Lipinski definition) is 1. The molecule has 0 unspecified atom stereocenters. The van der Waals surface area contributed by atoms with Crippen LogP contribution in [0, 0.1) is 0 Å². The van der Waals surface area contributed by atoms with Crippen LogP contribution in [0.2, 0.25) is 0 Å². The first kappa shape index (κ1) is 14.2. The number of carbonyl (C=O) groups is 1. The second kappa shape index (κ2) is 6.20. The maximum Gasteiger partial charge on any atom is 0.411 e. The lowest BCUT2D eigenvalue weighted by Crippen LogP contribution is -2.51. The molecule has 17 heavy (non-hydrogen) atoms. The molecule has 0 saturated carbocycles. The van der Waals surface area contributed by atoms with Gasteiger partial charge < -0.3 is 15.0 Å². The molecule has 0 radical (unpaired) electrons. The second-order valence-electron chi connectivity index (χ2n) is 4.11. The van der Waals surface area contributed by atoms with Gasteiger partial charge in [-0.25, -0.2) is 0 Å². The molecule has 1 aliphatic heterocycles. The lowest BCUT2D eigenvalue weighted by molar-refractivity contribution is -0.175. The number of amides is 1. The van der Waals surface area contributed by atoms with Crippen molar-refractivity contribution in [3.8, 4) is 0 Å². The molecule has 0 aromatic heterocycles. The molecule has 1 saturated heterocycles. The zero-order valence-corrected chi connectivity index (χ0v) is 9.72. The van der Waals surface area contributed by atoms with Crippen molar-refractivity contribution in [3.63, 3.8) is 0 Å². The average Bonchev–Trinajstić information content (AvgIpc) is 2.23. The van der Waals surface area contributed by atoms with E-state index in [0.717, 1.165) is 6.54 Å². The van der Waals surface area contributed by atoms with Crippen LogP contribution < -0.4 is 5.32 Å². The summed E-state index contributed by atoms with van der Waals surface area (Å²) in [6, 6.07) is 0.226. The molecule has 1 rings (SSSR count). The summed E-state index contributed by atoms with van der Waals surface area (Å²) in [5.41, 5.74) is 0. The van der Waals surface area contributed by atoms with E-state index in [2.05, 4.69) is 10.1 Å². The number of hydrogen-bond acceptors (Lipinski definition) is 3. The van der Waals surface area contributed by atoms with Crippen LogP contribution in [0.5, 0.6) is 0 Å². The highest BCUT2D eigenvalue weighted by Gasteiger charge is 2.27. The molecule has 1 atom stereocenters. The molecule has 100 valence electrons. The van der Waals surface area contributed by atoms with Crippen molar-refractivity contribution in [1.82, 2.24) is 10.2 Å². The molecule has 1 amide bonds. The number of alkyl halides is 3. The van der Waals surface area contributed by atoms with Gasteiger partial charge in [-0.05, 0) is 6.92 Å². The average molecular weight is 254 g/mol. The molecule has 1 heterocycles. The maximum atomic E-state index is 11.8. The highest BCUT2D eigenvalue weighted by molar-refractivity contribution is 5.76. The quantitative estimate of drug-likeness (QED) is 0.754. The Hall–Kier alpha value is -0.820. The van der Waals surface area contributed by atoms with Crippen LogP contribution >= 0.6 is 0 Å². The van der Waals surface area contributed by atoms with Gasteiger partial charge in [-0.15, -0.1) is 0 Å². The summed E-state index contributed by atoms with van der Waals surface area (Å²) in [4.78, 5) is 13.3. The first-order valence-electron chi connectivity index (χ1n) is 5.54. The second-order valence-corrected chi connectivity index (χ2v) is 4.11. The van der Waals surface area contributed by atoms with Gasteiger partial charge in [0.1, 0.15) is 6.61 Å². The van der Waals surface area contributed by atoms with Crippen molar-refractivity contribution in [1.29, 1.82) is 0 Å². The van der Waals surface area contributed by atoms with Crippen LogP contribution in [0.4, 0.5) is 13.2 Å². The van der Waals surface area contributed by atoms with E-state index in [0.29, 0.717) is 13.1 Å². The highest BCUT2D eigenvalue weighted by atomic mass is 19.4. The van der Waals surface area contributed by atoms with Gasteiger partial charge in [0.2, 0.25) is 5.91 Å². The van der Waals surface area contributed by atoms with Crippen molar-refractivity contribution in [2.75, 3.05) is 32.8 Å². The van der Waals surface area contributed by atoms with Crippen molar-refractivity contribution in [3.05, 3.63) is 0 Å². The standard InChI is InChI=1S/C10H17F3N2O2/c1-8-6-15(4-3-14-8)9(16)2-5-17-7-10(11,12)13/h8,14H,2-7H2,1H3/t8-/m0/s1. The lowest BCUT2D eigenvalue weighted by atomic mass is 10.2. The van der Waals surface area contributed by atoms with Crippen LogP contribution in [0.25, 0.3) is 0 Å². The number of rotatable bonds is 4. The van der Waals surface area contributed by atoms with Gasteiger partial charge in [0.05, 0.1) is 13.0 Å². The number of piperazine rings is 1. The molecular formula is C10H17F3N2O2. The van der Waals surface area contributed by atoms with Crippen LogP contribution in [0.15, 0.2) is 0 Å². The molecule has 4 nitrogen and oxygen atoms in total. The zero-order chi connectivity index (χ0) is 12.9. The number of halogens is 3. The van der Waals surface area contributed by atoms with E-state index in [1.807, 2.05) is 6.92 Å². The molecule has 0 spiro atoms. The molecule has 0 bridgehead atoms. The fourth-order valence-corrected chi connectivity index (χ4v) is 1.66. The lowest BCUT2D eigenvalue weighted by Gasteiger charge is -2.31. The Bertz CT molecular complexity index is 258. The van der Waals surface area contributed by atoms with E-state index < -0.39 is 12.8 Å². The van der Waals surface area contributed by atoms with E-state index in [-0.39, 0.29) is 25.0 Å². The third-order valence-corrected chi connectivity index (χ3v) is 2.45. The highest BCUT2D eigenvalue weighted by Crippen LogP contribution is 2.14. The van der Waals surface area contributed by atoms with Crippen LogP contribution in [0.3, 0.4) is 0 Å². The van der Waals surface area contributed by atoms with Gasteiger partial charge in [-0.2, -0.15) is 13.2 Å². The zero-order valence-electron chi connectivity index (χ0n) is 9.72. The Morgan fingerprint density at radius 2 is 2.24 bits per heavy atom. The normalized spacial score (nSPS) is 21.6. The largest absolute Gasteiger partial charge is 0.411 e. The van der Waals surface area contributed by atoms with Crippen LogP contribution in [-0.4, -0.2) is 55.9 Å². The minimum Gasteiger partial charge on any atom is -0.372 e. The summed E-state index contributed by atoms with van der Waals surface area (Å²) in [5, 5.41) is 3.18. The molecule has 0 aromatic rings. The summed E-state index contributed by atoms with van der Waals surface area (Å²) < 4.78 is 39.7. The number of ether oxygens (including phenoxy) is 1. The van der Waals surface area contributed by atoms with Gasteiger partial charge in [0.25, 0.3) is 0 Å². The summed E-state index contributed by atoms with van der Waals surface area (Å²) in [6.45, 7) is 2.39. The fraction of sp³-hybridized carbons (Fsp3) is 0.900. The first-order valence-corrected chi connectivity index (χ1v) is 5.54. The van der Waals surface area contributed by atoms with Gasteiger partial charge in [-0.1, -0.05) is 0 Å². The monoisotopic (exact) mass is 254 g/mol. The van der Waals surface area contributed by atoms with Crippen molar-refractivity contribution in [2.45, 2.75) is 25.6 Å². The molecule has 1 N–H and O–H groups in total. The minimum absolute atomic E-state index is 0.00278. The molecule has 1 aliphatic rings. The molecule has 7 heteroatoms. The summed E-state index contributed by atoms with van der Waals surface area (Å²) in [5.74, 6) is -0.152. The molecular weight excluding hydrogens is 237 g/mol. The van der Waals surface area contributed by atoms with E-state index in [1.165, 1.54) is 0 Å². The van der Waals surface area contributed by atoms with Crippen LogP contribution in [-0.2, 0) is 9.53 Å². The fourth-order valence-electron chi connectivity index (χ4n) is 1.66. The van der Waals surface area contributed by atoms with E-state index in [9.17, 15) is 18.0 Å². The Morgan fingerprint density at radius 3 is 2.82 bits per heavy atom. The predicted octanol–water partition coefficient (Wildman–Crippen LogP) is 0.776. The van der Waals surface area contributed by atoms with Crippen molar-refractivity contribution >= 4 is 5.91 Å². The number of nitrogens with one attached hydrogen (secondary N) is 1. The van der Waals surface area contributed by atoms with Gasteiger partial charge >= 0.3 is 6.18 Å². The molecule has 0 aromatic carbocycles. The Morgan fingerprint density at radius 1 is 1.53 bits per heavy atom. The summed E-state index contributed by atoms with van der Waals surface area (Å²) >= 11 is 0. The third kappa shape index (κ3) is 5.88. The Labute approximate surface area is 98.1 Å². The smallest absolute Gasteiger partial charge is 0.372 e. The SMILES string of the molecule is C[C@H]1CN(C(=O)CCOCC(F)(F)F)CCN1. The van der Waals surface area contributed by atoms with Crippen molar-refractivity contribution in [2.24, 2.45) is 0 Å². The van der Waals surface area contributed by atoms with E-state index in [1.54, 1.807) is 4.90 Å². The topological polar surface area (TPSA) is 41.6 Å². The van der Waals surface area contributed by atoms with E-state index in [4.69, 9.17) is 0 Å². The van der Waals surface area contributed by atoms with Gasteiger partial charge in [0.15, 0.2) is 0 Å². The number of nitrogens with zero attached hydrogens (tertiary/aromatic N) is 1. The van der Waals surface area contributed by atoms with Crippen LogP contribution in [0.1, 0.15) is 13.3 Å². The Balaban J connectivity index is 2.16. The first-order chi connectivity index (χ1) is 7.88. The number of carbonyl (C=O) groups excluding carboxylic acids is 1. The van der Waals surface area contributed by atoms with E-state index >= 15 is 0 Å². The third-order valence-electron chi connectivity index (χ3n) is 2.45. The summed E-state index contributed by atoms with van der Waals surface area (Å²) in [6.07, 6.45) is -4.32. The van der Waals surface area contributed by atoms with Gasteiger partial charge in [-0.3, -0.25) is 4.79 Å². The van der Waals surface area contributed by atoms with Gasteiger partial charge in [0, 0.05) is 25.7 Å². The van der Waals surface area contributed by atoms with Crippen molar-refractivity contribution < 1.29 is 22.7 Å².